The van der Waals surface area contributed by atoms with Gasteiger partial charge in [-0.15, -0.1) is 0 Å². The van der Waals surface area contributed by atoms with E-state index in [9.17, 15) is 12.8 Å². The third kappa shape index (κ3) is 2.66. The van der Waals surface area contributed by atoms with Crippen LogP contribution in [0.5, 0.6) is 0 Å². The molecule has 6 heteroatoms. The van der Waals surface area contributed by atoms with Crippen LogP contribution in [0.3, 0.4) is 0 Å². The van der Waals surface area contributed by atoms with E-state index in [-0.39, 0.29) is 6.61 Å². The molecule has 0 aliphatic heterocycles. The quantitative estimate of drug-likeness (QED) is 0.879. The molecule has 1 saturated carbocycles. The van der Waals surface area contributed by atoms with E-state index in [1.807, 2.05) is 6.92 Å². The Kier molecular flexibility index (Phi) is 3.68. The summed E-state index contributed by atoms with van der Waals surface area (Å²) < 4.78 is 42.2. The smallest absolute Gasteiger partial charge is 0.152 e. The number of hydrogen-bond donors (Lipinski definition) is 1. The second-order valence-electron chi connectivity index (χ2n) is 5.03. The number of hydrogen-bond acceptors (Lipinski definition) is 4. The van der Waals surface area contributed by atoms with Gasteiger partial charge >= 0.3 is 0 Å². The van der Waals surface area contributed by atoms with Gasteiger partial charge in [-0.25, -0.2) is 12.8 Å². The summed E-state index contributed by atoms with van der Waals surface area (Å²) in [4.78, 5) is 0. The molecule has 0 heterocycles. The van der Waals surface area contributed by atoms with Crippen LogP contribution < -0.4 is 5.73 Å². The van der Waals surface area contributed by atoms with Gasteiger partial charge in [-0.2, -0.15) is 0 Å². The van der Waals surface area contributed by atoms with Gasteiger partial charge in [-0.05, 0) is 24.6 Å². The molecule has 2 rings (SSSR count). The number of halogens is 1. The van der Waals surface area contributed by atoms with Gasteiger partial charge in [-0.3, -0.25) is 0 Å². The maximum absolute atomic E-state index is 13.3. The fourth-order valence-corrected chi connectivity index (χ4v) is 4.54. The average molecular weight is 287 g/mol. The van der Waals surface area contributed by atoms with Gasteiger partial charge in [-0.1, -0.05) is 12.1 Å². The minimum absolute atomic E-state index is 0.155. The first-order valence-electron chi connectivity index (χ1n) is 6.11. The van der Waals surface area contributed by atoms with Crippen molar-refractivity contribution >= 4 is 9.84 Å². The molecule has 4 nitrogen and oxygen atoms in total. The Labute approximate surface area is 112 Å². The maximum Gasteiger partial charge on any atom is 0.152 e. The molecular formula is C13H18FNO3S. The highest BCUT2D eigenvalue weighted by Gasteiger charge is 2.68. The topological polar surface area (TPSA) is 69.4 Å². The highest BCUT2D eigenvalue weighted by atomic mass is 32.2. The van der Waals surface area contributed by atoms with Gasteiger partial charge in [0.25, 0.3) is 0 Å². The van der Waals surface area contributed by atoms with Crippen LogP contribution in [-0.4, -0.2) is 38.7 Å². The molecule has 2 N–H and O–H groups in total. The molecule has 1 aromatic carbocycles. The van der Waals surface area contributed by atoms with E-state index in [4.69, 9.17) is 10.5 Å². The molecule has 1 aliphatic rings. The first-order chi connectivity index (χ1) is 8.80. The van der Waals surface area contributed by atoms with Crippen LogP contribution >= 0.6 is 0 Å². The lowest BCUT2D eigenvalue weighted by Crippen LogP contribution is -2.36. The largest absolute Gasteiger partial charge is 0.380 e. The number of nitrogens with two attached hydrogens (primary N) is 1. The second kappa shape index (κ2) is 4.85. The minimum Gasteiger partial charge on any atom is -0.380 e. The summed E-state index contributed by atoms with van der Waals surface area (Å²) in [5, 5.41) is -0.714. The van der Waals surface area contributed by atoms with E-state index in [1.165, 1.54) is 12.1 Å². The molecule has 0 saturated heterocycles. The molecule has 0 bridgehead atoms. The van der Waals surface area contributed by atoms with Crippen molar-refractivity contribution in [3.8, 4) is 0 Å². The standard InChI is InChI=1S/C13H18FNO3S/c1-3-18-8-13(15)11(12(13)19(2,16)17)9-5-4-6-10(14)7-9/h4-7,11-12H,3,8,15H2,1-2H3/t11-,12+,13-/m0/s1. The van der Waals surface area contributed by atoms with E-state index in [1.54, 1.807) is 12.1 Å². The lowest BCUT2D eigenvalue weighted by atomic mass is 10.1. The summed E-state index contributed by atoms with van der Waals surface area (Å²) in [5.41, 5.74) is 5.81. The zero-order valence-electron chi connectivity index (χ0n) is 11.0. The fraction of sp³-hybridized carbons (Fsp3) is 0.538. The van der Waals surface area contributed by atoms with Crippen molar-refractivity contribution in [3.63, 3.8) is 0 Å². The molecular weight excluding hydrogens is 269 g/mol. The van der Waals surface area contributed by atoms with Crippen molar-refractivity contribution < 1.29 is 17.5 Å². The molecule has 3 atom stereocenters. The number of sulfone groups is 1. The van der Waals surface area contributed by atoms with Crippen molar-refractivity contribution in [2.24, 2.45) is 5.73 Å². The van der Waals surface area contributed by atoms with Crippen molar-refractivity contribution in [3.05, 3.63) is 35.6 Å². The van der Waals surface area contributed by atoms with Crippen LogP contribution in [0.1, 0.15) is 18.4 Å². The van der Waals surface area contributed by atoms with Crippen molar-refractivity contribution in [1.82, 2.24) is 0 Å². The van der Waals surface area contributed by atoms with E-state index in [0.717, 1.165) is 6.26 Å². The van der Waals surface area contributed by atoms with Crippen molar-refractivity contribution in [2.75, 3.05) is 19.5 Å². The Morgan fingerprint density at radius 2 is 2.16 bits per heavy atom. The molecule has 1 aromatic rings. The van der Waals surface area contributed by atoms with E-state index < -0.39 is 32.4 Å². The third-order valence-electron chi connectivity index (χ3n) is 3.53. The Bertz CT molecular complexity index is 575. The molecule has 1 aliphatic carbocycles. The summed E-state index contributed by atoms with van der Waals surface area (Å²) in [6.07, 6.45) is 1.16. The van der Waals surface area contributed by atoms with Gasteiger partial charge in [0.1, 0.15) is 5.82 Å². The van der Waals surface area contributed by atoms with Crippen molar-refractivity contribution in [1.29, 1.82) is 0 Å². The SMILES string of the molecule is CCOC[C@@]1(N)[C@H](S(C)(=O)=O)[C@@H]1c1cccc(F)c1. The predicted octanol–water partition coefficient (Wildman–Crippen LogP) is 1.07. The molecule has 19 heavy (non-hydrogen) atoms. The lowest BCUT2D eigenvalue weighted by molar-refractivity contribution is 0.125. The first-order valence-corrected chi connectivity index (χ1v) is 8.07. The highest BCUT2D eigenvalue weighted by Crippen LogP contribution is 2.54. The summed E-state index contributed by atoms with van der Waals surface area (Å²) in [7, 11) is -3.31. The van der Waals surface area contributed by atoms with Crippen LogP contribution in [0.4, 0.5) is 4.39 Å². The summed E-state index contributed by atoms with van der Waals surface area (Å²) in [5.74, 6) is -0.805. The fourth-order valence-electron chi connectivity index (χ4n) is 2.70. The Morgan fingerprint density at radius 1 is 1.47 bits per heavy atom. The summed E-state index contributed by atoms with van der Waals surface area (Å²) in [6, 6.07) is 5.92. The van der Waals surface area contributed by atoms with Crippen LogP contribution in [0.15, 0.2) is 24.3 Å². The molecule has 0 aromatic heterocycles. The van der Waals surface area contributed by atoms with Crippen molar-refractivity contribution in [2.45, 2.75) is 23.6 Å². The Balaban J connectivity index is 2.33. The van der Waals surface area contributed by atoms with Crippen LogP contribution in [-0.2, 0) is 14.6 Å². The molecule has 0 amide bonds. The van der Waals surface area contributed by atoms with Gasteiger partial charge in [0.15, 0.2) is 9.84 Å². The van der Waals surface area contributed by atoms with Crippen LogP contribution in [0.25, 0.3) is 0 Å². The Morgan fingerprint density at radius 3 is 2.68 bits per heavy atom. The van der Waals surface area contributed by atoms with E-state index in [0.29, 0.717) is 12.2 Å². The summed E-state index contributed by atoms with van der Waals surface area (Å²) in [6.45, 7) is 2.44. The number of benzene rings is 1. The van der Waals surface area contributed by atoms with Gasteiger partial charge < -0.3 is 10.5 Å². The highest BCUT2D eigenvalue weighted by molar-refractivity contribution is 7.91. The van der Waals surface area contributed by atoms with E-state index in [2.05, 4.69) is 0 Å². The second-order valence-corrected chi connectivity index (χ2v) is 7.20. The summed E-state index contributed by atoms with van der Waals surface area (Å²) >= 11 is 0. The number of ether oxygens (including phenoxy) is 1. The maximum atomic E-state index is 13.3. The first kappa shape index (κ1) is 14.4. The van der Waals surface area contributed by atoms with Crippen LogP contribution in [0.2, 0.25) is 0 Å². The average Bonchev–Trinajstić information content (AvgIpc) is 2.94. The van der Waals surface area contributed by atoms with E-state index >= 15 is 0 Å². The lowest BCUT2D eigenvalue weighted by Gasteiger charge is -2.11. The molecule has 0 spiro atoms. The van der Waals surface area contributed by atoms with Gasteiger partial charge in [0, 0.05) is 18.8 Å². The minimum atomic E-state index is -3.31. The molecule has 0 unspecified atom stereocenters. The molecule has 1 fully saturated rings. The number of rotatable bonds is 5. The van der Waals surface area contributed by atoms with Gasteiger partial charge in [0.05, 0.1) is 17.4 Å². The third-order valence-corrected chi connectivity index (χ3v) is 5.16. The molecule has 106 valence electrons. The Hall–Kier alpha value is -0.980. The van der Waals surface area contributed by atoms with Crippen LogP contribution in [0, 0.1) is 5.82 Å². The predicted molar refractivity (Wildman–Crippen MR) is 71.2 cm³/mol. The monoisotopic (exact) mass is 287 g/mol. The zero-order chi connectivity index (χ0) is 14.3. The zero-order valence-corrected chi connectivity index (χ0v) is 11.8. The molecule has 0 radical (unpaired) electrons. The van der Waals surface area contributed by atoms with Gasteiger partial charge in [0.2, 0.25) is 0 Å². The normalized spacial score (nSPS) is 30.3.